The molecule has 1 N–H and O–H groups in total. The van der Waals surface area contributed by atoms with E-state index in [9.17, 15) is 9.18 Å². The number of nitrogens with zero attached hydrogens (tertiary/aromatic N) is 1. The first-order valence-corrected chi connectivity index (χ1v) is 9.55. The summed E-state index contributed by atoms with van der Waals surface area (Å²) in [4.78, 5) is 15.6. The van der Waals surface area contributed by atoms with Gasteiger partial charge in [-0.15, -0.1) is 11.3 Å². The number of rotatable bonds is 5. The van der Waals surface area contributed by atoms with Crippen molar-refractivity contribution in [2.75, 3.05) is 20.3 Å². The molecule has 2 aliphatic rings. The van der Waals surface area contributed by atoms with Gasteiger partial charge in [0.15, 0.2) is 11.6 Å². The van der Waals surface area contributed by atoms with Crippen molar-refractivity contribution in [3.05, 3.63) is 50.9 Å². The number of nitrogens with one attached hydrogen (secondary N) is 1. The van der Waals surface area contributed by atoms with Gasteiger partial charge in [-0.2, -0.15) is 0 Å². The van der Waals surface area contributed by atoms with Crippen molar-refractivity contribution in [3.63, 3.8) is 0 Å². The summed E-state index contributed by atoms with van der Waals surface area (Å²) >= 11 is 7.62. The highest BCUT2D eigenvalue weighted by Crippen LogP contribution is 2.46. The number of amides is 2. The van der Waals surface area contributed by atoms with Gasteiger partial charge in [0.1, 0.15) is 6.61 Å². The number of carbonyl (C=O) groups is 1. The number of methoxy groups -OCH3 is 1. The minimum atomic E-state index is -1.04. The van der Waals surface area contributed by atoms with Crippen LogP contribution in [0.2, 0.25) is 5.02 Å². The number of thiophene rings is 1. The lowest BCUT2D eigenvalue weighted by Crippen LogP contribution is -2.68. The van der Waals surface area contributed by atoms with Crippen LogP contribution in [0.5, 0.6) is 5.75 Å². The molecule has 2 atom stereocenters. The Morgan fingerprint density at radius 1 is 1.54 bits per heavy atom. The first-order chi connectivity index (χ1) is 12.5. The Bertz CT molecular complexity index is 832. The number of carbonyl (C=O) groups excluding carboxylic acids is 1. The summed E-state index contributed by atoms with van der Waals surface area (Å²) in [6.45, 7) is 0.607. The number of hydrogen-bond donors (Lipinski definition) is 1. The molecule has 1 fully saturated rings. The number of fused-ring (bicyclic) bond motifs is 4. The molecule has 0 saturated carbocycles. The van der Waals surface area contributed by atoms with Crippen LogP contribution >= 0.6 is 22.9 Å². The highest BCUT2D eigenvalue weighted by atomic mass is 35.5. The standard InChI is InChI=1S/C18H18ClFN2O3S/c1-24-10-18-9-15(13-7-11(19)8-14(20)16(13)25-18)21-17(23)22(18)5-4-12-3-2-6-26-12/h2-3,6-8,15H,4-5,9-10H2,1H3,(H,21,23). The summed E-state index contributed by atoms with van der Waals surface area (Å²) in [5.74, 6) is -0.407. The Balaban J connectivity index is 1.70. The fourth-order valence-electron chi connectivity index (χ4n) is 3.69. The van der Waals surface area contributed by atoms with Crippen LogP contribution in [0.1, 0.15) is 22.9 Å². The summed E-state index contributed by atoms with van der Waals surface area (Å²) in [6, 6.07) is 6.25. The van der Waals surface area contributed by atoms with Crippen LogP contribution in [0.3, 0.4) is 0 Å². The van der Waals surface area contributed by atoms with Crippen molar-refractivity contribution in [2.24, 2.45) is 0 Å². The average Bonchev–Trinajstić information content (AvgIpc) is 3.09. The van der Waals surface area contributed by atoms with Gasteiger partial charge in [0.2, 0.25) is 5.72 Å². The van der Waals surface area contributed by atoms with Crippen LogP contribution in [-0.4, -0.2) is 36.9 Å². The molecular weight excluding hydrogens is 379 g/mol. The van der Waals surface area contributed by atoms with E-state index in [1.54, 1.807) is 29.4 Å². The molecule has 2 aromatic rings. The number of urea groups is 1. The predicted molar refractivity (Wildman–Crippen MR) is 97.3 cm³/mol. The molecule has 5 nitrogen and oxygen atoms in total. The first-order valence-electron chi connectivity index (χ1n) is 8.30. The molecule has 2 aliphatic heterocycles. The Kier molecular flexibility index (Phi) is 4.54. The largest absolute Gasteiger partial charge is 0.462 e. The van der Waals surface area contributed by atoms with Crippen molar-refractivity contribution < 1.29 is 18.7 Å². The number of ether oxygens (including phenoxy) is 2. The van der Waals surface area contributed by atoms with Gasteiger partial charge >= 0.3 is 6.03 Å². The van der Waals surface area contributed by atoms with E-state index in [1.807, 2.05) is 17.5 Å². The van der Waals surface area contributed by atoms with E-state index in [2.05, 4.69) is 5.32 Å². The van der Waals surface area contributed by atoms with Crippen molar-refractivity contribution in [2.45, 2.75) is 24.6 Å². The molecule has 4 rings (SSSR count). The Labute approximate surface area is 159 Å². The van der Waals surface area contributed by atoms with Gasteiger partial charge in [-0.3, -0.25) is 4.90 Å². The molecule has 2 amide bonds. The maximum atomic E-state index is 14.5. The highest BCUT2D eigenvalue weighted by molar-refractivity contribution is 7.09. The molecule has 138 valence electrons. The van der Waals surface area contributed by atoms with E-state index in [0.29, 0.717) is 24.9 Å². The smallest absolute Gasteiger partial charge is 0.321 e. The lowest BCUT2D eigenvalue weighted by atomic mass is 9.89. The molecule has 2 bridgehead atoms. The summed E-state index contributed by atoms with van der Waals surface area (Å²) in [5.41, 5.74) is -0.478. The summed E-state index contributed by atoms with van der Waals surface area (Å²) < 4.78 is 25.9. The Morgan fingerprint density at radius 2 is 2.38 bits per heavy atom. The van der Waals surface area contributed by atoms with E-state index in [-0.39, 0.29) is 29.5 Å². The third-order valence-corrected chi connectivity index (χ3v) is 5.95. The van der Waals surface area contributed by atoms with Crippen molar-refractivity contribution >= 4 is 29.0 Å². The van der Waals surface area contributed by atoms with Gasteiger partial charge in [-0.1, -0.05) is 17.7 Å². The second kappa shape index (κ2) is 6.72. The van der Waals surface area contributed by atoms with Crippen LogP contribution in [0.4, 0.5) is 9.18 Å². The topological polar surface area (TPSA) is 50.8 Å². The molecule has 3 heterocycles. The molecule has 26 heavy (non-hydrogen) atoms. The first kappa shape index (κ1) is 17.6. The Morgan fingerprint density at radius 3 is 3.12 bits per heavy atom. The van der Waals surface area contributed by atoms with Crippen LogP contribution in [0, 0.1) is 5.82 Å². The zero-order valence-corrected chi connectivity index (χ0v) is 15.7. The summed E-state index contributed by atoms with van der Waals surface area (Å²) in [5, 5.41) is 5.23. The van der Waals surface area contributed by atoms with E-state index >= 15 is 0 Å². The van der Waals surface area contributed by atoms with Crippen molar-refractivity contribution in [3.8, 4) is 5.75 Å². The zero-order chi connectivity index (χ0) is 18.3. The Hall–Kier alpha value is -1.83. The molecule has 0 radical (unpaired) electrons. The van der Waals surface area contributed by atoms with Gasteiger partial charge in [-0.05, 0) is 30.0 Å². The summed E-state index contributed by atoms with van der Waals surface area (Å²) in [7, 11) is 1.55. The van der Waals surface area contributed by atoms with E-state index in [1.165, 1.54) is 10.9 Å². The van der Waals surface area contributed by atoms with E-state index in [4.69, 9.17) is 21.1 Å². The number of halogens is 2. The molecule has 0 aliphatic carbocycles. The molecule has 1 aromatic carbocycles. The zero-order valence-electron chi connectivity index (χ0n) is 14.1. The SMILES string of the molecule is COCC12CC(NC(=O)N1CCc1cccs1)c1cc(Cl)cc(F)c1O2. The van der Waals surface area contributed by atoms with Crippen LogP contribution < -0.4 is 10.1 Å². The molecular formula is C18H18ClFN2O3S. The predicted octanol–water partition coefficient (Wildman–Crippen LogP) is 3.97. The second-order valence-electron chi connectivity index (χ2n) is 6.47. The maximum Gasteiger partial charge on any atom is 0.321 e. The number of benzene rings is 1. The molecule has 1 aromatic heterocycles. The molecule has 8 heteroatoms. The van der Waals surface area contributed by atoms with Gasteiger partial charge in [0, 0.05) is 35.5 Å². The molecule has 1 saturated heterocycles. The van der Waals surface area contributed by atoms with Crippen molar-refractivity contribution in [1.29, 1.82) is 0 Å². The van der Waals surface area contributed by atoms with Gasteiger partial charge in [0.05, 0.1) is 6.04 Å². The van der Waals surface area contributed by atoms with Crippen LogP contribution in [-0.2, 0) is 11.2 Å². The average molecular weight is 397 g/mol. The minimum Gasteiger partial charge on any atom is -0.462 e. The lowest BCUT2D eigenvalue weighted by molar-refractivity contribution is -0.136. The fourth-order valence-corrected chi connectivity index (χ4v) is 4.60. The summed E-state index contributed by atoms with van der Waals surface area (Å²) in [6.07, 6.45) is 1.16. The van der Waals surface area contributed by atoms with Gasteiger partial charge in [-0.25, -0.2) is 9.18 Å². The van der Waals surface area contributed by atoms with Gasteiger partial charge < -0.3 is 14.8 Å². The quantitative estimate of drug-likeness (QED) is 0.831. The maximum absolute atomic E-state index is 14.5. The fraction of sp³-hybridized carbons (Fsp3) is 0.389. The van der Waals surface area contributed by atoms with Crippen molar-refractivity contribution in [1.82, 2.24) is 10.2 Å². The van der Waals surface area contributed by atoms with Crippen LogP contribution in [0.25, 0.3) is 0 Å². The van der Waals surface area contributed by atoms with Crippen LogP contribution in [0.15, 0.2) is 29.6 Å². The highest BCUT2D eigenvalue weighted by Gasteiger charge is 2.53. The minimum absolute atomic E-state index is 0.129. The van der Waals surface area contributed by atoms with E-state index < -0.39 is 11.5 Å². The molecule has 0 spiro atoms. The van der Waals surface area contributed by atoms with E-state index in [0.717, 1.165) is 0 Å². The third-order valence-electron chi connectivity index (χ3n) is 4.79. The lowest BCUT2D eigenvalue weighted by Gasteiger charge is -2.52. The second-order valence-corrected chi connectivity index (χ2v) is 7.94. The third kappa shape index (κ3) is 2.94. The molecule has 2 unspecified atom stereocenters. The monoisotopic (exact) mass is 396 g/mol. The normalized spacial score (nSPS) is 24.0. The van der Waals surface area contributed by atoms with Gasteiger partial charge in [0.25, 0.3) is 0 Å². The number of hydrogen-bond acceptors (Lipinski definition) is 4.